The molecular weight excluding hydrogens is 174 g/mol. The van der Waals surface area contributed by atoms with Gasteiger partial charge in [-0.3, -0.25) is 0 Å². The normalized spacial score (nSPS) is 31.1. The first-order valence-corrected chi connectivity index (χ1v) is 5.99. The Hall–Kier alpha value is -0.120. The van der Waals surface area contributed by atoms with E-state index in [0.717, 1.165) is 6.04 Å². The van der Waals surface area contributed by atoms with Crippen molar-refractivity contribution in [3.05, 3.63) is 0 Å². The van der Waals surface area contributed by atoms with Gasteiger partial charge in [0.1, 0.15) is 0 Å². The fourth-order valence-electron chi connectivity index (χ4n) is 2.61. The van der Waals surface area contributed by atoms with Crippen LogP contribution < -0.4 is 5.32 Å². The van der Waals surface area contributed by atoms with Crippen molar-refractivity contribution < 1.29 is 0 Å². The van der Waals surface area contributed by atoms with Crippen molar-refractivity contribution in [1.29, 1.82) is 0 Å². The van der Waals surface area contributed by atoms with Gasteiger partial charge in [-0.2, -0.15) is 0 Å². The number of nitrogens with zero attached hydrogens (tertiary/aromatic N) is 2. The summed E-state index contributed by atoms with van der Waals surface area (Å²) in [5, 5.41) is 3.40. The van der Waals surface area contributed by atoms with E-state index in [1.807, 2.05) is 0 Å². The van der Waals surface area contributed by atoms with Gasteiger partial charge >= 0.3 is 0 Å². The molecule has 0 amide bonds. The van der Waals surface area contributed by atoms with Gasteiger partial charge in [0, 0.05) is 32.2 Å². The highest BCUT2D eigenvalue weighted by molar-refractivity contribution is 4.78. The molecule has 2 fully saturated rings. The zero-order chi connectivity index (χ0) is 9.80. The van der Waals surface area contributed by atoms with Crippen LogP contribution in [-0.2, 0) is 0 Å². The largest absolute Gasteiger partial charge is 0.314 e. The lowest BCUT2D eigenvalue weighted by molar-refractivity contribution is 0.205. The van der Waals surface area contributed by atoms with Crippen LogP contribution in [0.15, 0.2) is 0 Å². The Morgan fingerprint density at radius 1 is 1.21 bits per heavy atom. The SMILES string of the molecule is CN1CCCC1CCN1CCNCC1. The van der Waals surface area contributed by atoms with Crippen molar-refractivity contribution in [2.75, 3.05) is 46.3 Å². The smallest absolute Gasteiger partial charge is 0.0107 e. The first-order chi connectivity index (χ1) is 6.86. The zero-order valence-electron chi connectivity index (χ0n) is 9.34. The maximum Gasteiger partial charge on any atom is 0.0107 e. The van der Waals surface area contributed by atoms with Crippen LogP contribution in [0.4, 0.5) is 0 Å². The minimum absolute atomic E-state index is 0.866. The molecule has 0 spiro atoms. The van der Waals surface area contributed by atoms with Crippen LogP contribution in [0, 0.1) is 0 Å². The third-order valence-electron chi connectivity index (χ3n) is 3.66. The molecular formula is C11H23N3. The molecule has 2 heterocycles. The van der Waals surface area contributed by atoms with Gasteiger partial charge in [-0.15, -0.1) is 0 Å². The Morgan fingerprint density at radius 3 is 2.64 bits per heavy atom. The molecule has 1 unspecified atom stereocenters. The van der Waals surface area contributed by atoms with Crippen LogP contribution in [0.2, 0.25) is 0 Å². The van der Waals surface area contributed by atoms with E-state index in [0.29, 0.717) is 0 Å². The maximum absolute atomic E-state index is 3.40. The molecule has 3 heteroatoms. The van der Waals surface area contributed by atoms with Crippen LogP contribution in [0.1, 0.15) is 19.3 Å². The van der Waals surface area contributed by atoms with E-state index in [-0.39, 0.29) is 0 Å². The number of hydrogen-bond donors (Lipinski definition) is 1. The van der Waals surface area contributed by atoms with Crippen molar-refractivity contribution in [3.63, 3.8) is 0 Å². The van der Waals surface area contributed by atoms with E-state index >= 15 is 0 Å². The molecule has 0 aromatic carbocycles. The molecule has 14 heavy (non-hydrogen) atoms. The highest BCUT2D eigenvalue weighted by atomic mass is 15.2. The van der Waals surface area contributed by atoms with Gasteiger partial charge in [-0.05, 0) is 39.4 Å². The second-order valence-electron chi connectivity index (χ2n) is 4.66. The number of likely N-dealkylation sites (tertiary alicyclic amines) is 1. The Bertz CT molecular complexity index is 166. The summed E-state index contributed by atoms with van der Waals surface area (Å²) in [7, 11) is 2.27. The molecule has 0 aromatic rings. The number of nitrogens with one attached hydrogen (secondary N) is 1. The third-order valence-corrected chi connectivity index (χ3v) is 3.66. The van der Waals surface area contributed by atoms with Crippen molar-refractivity contribution in [3.8, 4) is 0 Å². The lowest BCUT2D eigenvalue weighted by Gasteiger charge is -2.29. The summed E-state index contributed by atoms with van der Waals surface area (Å²) in [5.41, 5.74) is 0. The van der Waals surface area contributed by atoms with E-state index in [1.54, 1.807) is 0 Å². The van der Waals surface area contributed by atoms with Crippen molar-refractivity contribution >= 4 is 0 Å². The Labute approximate surface area is 87.4 Å². The van der Waals surface area contributed by atoms with E-state index < -0.39 is 0 Å². The molecule has 0 aromatic heterocycles. The predicted octanol–water partition coefficient (Wildman–Crippen LogP) is 0.376. The Morgan fingerprint density at radius 2 is 2.00 bits per heavy atom. The first kappa shape index (κ1) is 10.4. The molecule has 1 N–H and O–H groups in total. The predicted molar refractivity (Wildman–Crippen MR) is 59.6 cm³/mol. The average molecular weight is 197 g/mol. The summed E-state index contributed by atoms with van der Waals surface area (Å²) in [6, 6.07) is 0.866. The molecule has 0 aliphatic carbocycles. The zero-order valence-corrected chi connectivity index (χ0v) is 9.34. The fourth-order valence-corrected chi connectivity index (χ4v) is 2.61. The molecule has 2 aliphatic rings. The molecule has 0 bridgehead atoms. The van der Waals surface area contributed by atoms with Crippen LogP contribution >= 0.6 is 0 Å². The second kappa shape index (κ2) is 5.10. The van der Waals surface area contributed by atoms with Crippen molar-refractivity contribution in [2.45, 2.75) is 25.3 Å². The summed E-state index contributed by atoms with van der Waals surface area (Å²) in [6.45, 7) is 7.47. The van der Waals surface area contributed by atoms with Gasteiger partial charge in [0.25, 0.3) is 0 Å². The molecule has 2 rings (SSSR count). The standard InChI is InChI=1S/C11H23N3/c1-13-7-2-3-11(13)4-8-14-9-5-12-6-10-14/h11-12H,2-10H2,1H3. The minimum atomic E-state index is 0.866. The van der Waals surface area contributed by atoms with Crippen molar-refractivity contribution in [2.24, 2.45) is 0 Å². The summed E-state index contributed by atoms with van der Waals surface area (Å²) in [4.78, 5) is 5.13. The quantitative estimate of drug-likeness (QED) is 0.705. The highest BCUT2D eigenvalue weighted by Crippen LogP contribution is 2.17. The Kier molecular flexibility index (Phi) is 3.79. The van der Waals surface area contributed by atoms with Crippen LogP contribution in [0.25, 0.3) is 0 Å². The maximum atomic E-state index is 3.40. The summed E-state index contributed by atoms with van der Waals surface area (Å²) >= 11 is 0. The number of piperazine rings is 1. The molecule has 0 saturated carbocycles. The molecule has 2 saturated heterocycles. The van der Waals surface area contributed by atoms with Gasteiger partial charge in [0.05, 0.1) is 0 Å². The summed E-state index contributed by atoms with van der Waals surface area (Å²) in [5.74, 6) is 0. The topological polar surface area (TPSA) is 18.5 Å². The van der Waals surface area contributed by atoms with Gasteiger partial charge in [0.2, 0.25) is 0 Å². The van der Waals surface area contributed by atoms with Gasteiger partial charge in [-0.25, -0.2) is 0 Å². The van der Waals surface area contributed by atoms with Crippen molar-refractivity contribution in [1.82, 2.24) is 15.1 Å². The monoisotopic (exact) mass is 197 g/mol. The minimum Gasteiger partial charge on any atom is -0.314 e. The highest BCUT2D eigenvalue weighted by Gasteiger charge is 2.21. The van der Waals surface area contributed by atoms with E-state index in [9.17, 15) is 0 Å². The third kappa shape index (κ3) is 2.69. The molecule has 82 valence electrons. The van der Waals surface area contributed by atoms with E-state index in [1.165, 1.54) is 58.5 Å². The molecule has 2 aliphatic heterocycles. The summed E-state index contributed by atoms with van der Waals surface area (Å²) in [6.07, 6.45) is 4.20. The van der Waals surface area contributed by atoms with Gasteiger partial charge in [-0.1, -0.05) is 0 Å². The molecule has 0 radical (unpaired) electrons. The molecule has 3 nitrogen and oxygen atoms in total. The van der Waals surface area contributed by atoms with Crippen LogP contribution in [-0.4, -0.2) is 62.2 Å². The van der Waals surface area contributed by atoms with E-state index in [4.69, 9.17) is 0 Å². The lowest BCUT2D eigenvalue weighted by atomic mass is 10.1. The summed E-state index contributed by atoms with van der Waals surface area (Å²) < 4.78 is 0. The number of rotatable bonds is 3. The fraction of sp³-hybridized carbons (Fsp3) is 1.00. The van der Waals surface area contributed by atoms with Crippen LogP contribution in [0.3, 0.4) is 0 Å². The first-order valence-electron chi connectivity index (χ1n) is 5.99. The van der Waals surface area contributed by atoms with Gasteiger partial charge in [0.15, 0.2) is 0 Å². The molecule has 1 atom stereocenters. The number of hydrogen-bond acceptors (Lipinski definition) is 3. The van der Waals surface area contributed by atoms with Gasteiger partial charge < -0.3 is 15.1 Å². The Balaban J connectivity index is 1.65. The average Bonchev–Trinajstić information content (AvgIpc) is 2.63. The van der Waals surface area contributed by atoms with Crippen LogP contribution in [0.5, 0.6) is 0 Å². The second-order valence-corrected chi connectivity index (χ2v) is 4.66. The lowest BCUT2D eigenvalue weighted by Crippen LogP contribution is -2.44. The van der Waals surface area contributed by atoms with E-state index in [2.05, 4.69) is 22.2 Å².